The lowest BCUT2D eigenvalue weighted by Crippen LogP contribution is -2.37. The summed E-state index contributed by atoms with van der Waals surface area (Å²) < 4.78 is 0. The Morgan fingerprint density at radius 3 is 1.65 bits per heavy atom. The highest BCUT2D eigenvalue weighted by molar-refractivity contribution is 7.81. The van der Waals surface area contributed by atoms with E-state index in [0.29, 0.717) is 17.1 Å². The van der Waals surface area contributed by atoms with E-state index in [0.717, 1.165) is 77.0 Å². The summed E-state index contributed by atoms with van der Waals surface area (Å²) in [7, 11) is 10.2. The van der Waals surface area contributed by atoms with Gasteiger partial charge in [0, 0.05) is 17.1 Å². The molecule has 0 saturated carbocycles. The van der Waals surface area contributed by atoms with E-state index in [-0.39, 0.29) is 16.9 Å². The SMILES string of the molecule is [SiH3][SiH2][SiH2][SiH2][SiH2][SiH2][SiH2][SiH2][SiH2][SiH2][SiH2][SiH2][SiH](Cl)[SiH2][SiH2]Cl. The van der Waals surface area contributed by atoms with Crippen LogP contribution in [0.15, 0.2) is 0 Å². The first-order valence-corrected chi connectivity index (χ1v) is 67.6. The van der Waals surface area contributed by atoms with Crippen LogP contribution in [0.2, 0.25) is 0 Å². The van der Waals surface area contributed by atoms with Gasteiger partial charge in [0.2, 0.25) is 0 Å². The van der Waals surface area contributed by atoms with E-state index in [1.165, 1.54) is 0 Å². The molecule has 0 aliphatic rings. The average molecular weight is 522 g/mol. The van der Waals surface area contributed by atoms with Crippen LogP contribution in [0.5, 0.6) is 0 Å². The van der Waals surface area contributed by atoms with Crippen LogP contribution in [0, 0.1) is 0 Å². The molecule has 0 aromatic carbocycles. The van der Waals surface area contributed by atoms with Crippen molar-refractivity contribution in [2.45, 2.75) is 0 Å². The van der Waals surface area contributed by atoms with Gasteiger partial charge in [0.1, 0.15) is 15.5 Å². The molecule has 0 rings (SSSR count). The van der Waals surface area contributed by atoms with Gasteiger partial charge < -0.3 is 0 Å². The third-order valence-electron chi connectivity index (χ3n) is 3.29. The van der Waals surface area contributed by atoms with Gasteiger partial charge in [0.15, 0.2) is 0 Å². The van der Waals surface area contributed by atoms with Crippen molar-refractivity contribution in [1.82, 2.24) is 0 Å². The average Bonchev–Trinajstić information content (AvgIpc) is 2.32. The molecule has 0 spiro atoms. The summed E-state index contributed by atoms with van der Waals surface area (Å²) >= 11 is 12.5. The third-order valence-corrected chi connectivity index (χ3v) is 267. The smallest absolute Gasteiger partial charge is 0.108 e. The van der Waals surface area contributed by atoms with Gasteiger partial charge in [-0.25, -0.2) is 0 Å². The van der Waals surface area contributed by atoms with Crippen molar-refractivity contribution in [3.63, 3.8) is 0 Å². The fourth-order valence-electron chi connectivity index (χ4n) is 2.12. The van der Waals surface area contributed by atoms with Gasteiger partial charge in [-0.05, 0) is 95.3 Å². The van der Waals surface area contributed by atoms with Gasteiger partial charge >= 0.3 is 0 Å². The summed E-state index contributed by atoms with van der Waals surface area (Å²) in [4.78, 5) is 0. The second-order valence-electron chi connectivity index (χ2n) is 5.05. The van der Waals surface area contributed by atoms with Crippen molar-refractivity contribution >= 4 is 150 Å². The quantitative estimate of drug-likeness (QED) is 0.128. The highest BCUT2D eigenvalue weighted by Gasteiger charge is 2.07. The Hall–Kier alpha value is 3.83. The molecule has 17 heavy (non-hydrogen) atoms. The summed E-state index contributed by atoms with van der Waals surface area (Å²) in [5.41, 5.74) is 0. The molecule has 0 bridgehead atoms. The molecule has 0 aliphatic carbocycles. The first kappa shape index (κ1) is 20.8. The molecule has 0 saturated heterocycles. The molecule has 0 aliphatic heterocycles. The van der Waals surface area contributed by atoms with Gasteiger partial charge in [-0.2, -0.15) is 22.2 Å². The maximum atomic E-state index is 6.52. The predicted molar refractivity (Wildman–Crippen MR) is 140 cm³/mol. The lowest BCUT2D eigenvalue weighted by Gasteiger charge is -2.02. The molecule has 0 N–H and O–H groups in total. The minimum Gasteiger partial charge on any atom is -0.181 e. The fraction of sp³-hybridized carbons (Fsp3) is 0. The largest absolute Gasteiger partial charge is 0.181 e. The number of rotatable bonds is 13. The van der Waals surface area contributed by atoms with Crippen molar-refractivity contribution in [1.29, 1.82) is 0 Å². The van der Waals surface area contributed by atoms with Crippen LogP contribution in [0.3, 0.4) is 0 Å². The van der Waals surface area contributed by atoms with Gasteiger partial charge in [-0.15, -0.1) is 0 Å². The van der Waals surface area contributed by atoms with E-state index in [1.807, 2.05) is 0 Å². The van der Waals surface area contributed by atoms with Gasteiger partial charge in [0.05, 0.1) is 0 Å². The van der Waals surface area contributed by atoms with Crippen LogP contribution >= 0.6 is 22.2 Å². The van der Waals surface area contributed by atoms with Crippen molar-refractivity contribution < 1.29 is 0 Å². The molecule has 0 radical (unpaired) electrons. The second kappa shape index (κ2) is 17.9. The summed E-state index contributed by atoms with van der Waals surface area (Å²) in [5, 5.41) is 0. The number of halogens is 2. The van der Waals surface area contributed by atoms with Crippen LogP contribution in [-0.2, 0) is 0 Å². The molecule has 17 heteroatoms. The number of hydrogen-bond donors (Lipinski definition) is 0. The maximum Gasteiger partial charge on any atom is 0.108 e. The molecule has 1 atom stereocenters. The summed E-state index contributed by atoms with van der Waals surface area (Å²) in [6.07, 6.45) is 0. The van der Waals surface area contributed by atoms with E-state index >= 15 is 0 Å². The Kier molecular flexibility index (Phi) is 21.9. The second-order valence-corrected chi connectivity index (χ2v) is 136. The normalized spacial score (nSPS) is 22.2. The molecule has 0 amide bonds. The molecule has 0 nitrogen and oxygen atoms in total. The van der Waals surface area contributed by atoms with Gasteiger partial charge in [-0.3, -0.25) is 0 Å². The van der Waals surface area contributed by atoms with Crippen LogP contribution in [0.1, 0.15) is 0 Å². The minimum atomic E-state index is -0.422. The summed E-state index contributed by atoms with van der Waals surface area (Å²) in [5.74, 6) is 0. The zero-order valence-corrected chi connectivity index (χ0v) is 34.6. The van der Waals surface area contributed by atoms with Crippen LogP contribution in [-0.4, -0.2) is 128 Å². The molecule has 0 fully saturated rings. The zero-order valence-electron chi connectivity index (χ0n) is 11.5. The van der Waals surface area contributed by atoms with Crippen molar-refractivity contribution in [2.75, 3.05) is 0 Å². The molecule has 1 unspecified atom stereocenters. The standard InChI is InChI=1S/Cl2H30Si15/c1-4-15-17(2)16-14-13-12-11-10-9-8-7-6-5-3/h17H,4-16H2,3H3. The molecular formula is H30Cl2Si15. The molecular weight excluding hydrogens is 492 g/mol. The minimum absolute atomic E-state index is 0.0288. The first-order valence-electron chi connectivity index (χ1n) is 7.51. The summed E-state index contributed by atoms with van der Waals surface area (Å²) in [6.45, 7) is 0. The number of hydrogen-bond acceptors (Lipinski definition) is 0. The van der Waals surface area contributed by atoms with Crippen molar-refractivity contribution in [3.8, 4) is 0 Å². The first-order chi connectivity index (χ1) is 8.31. The van der Waals surface area contributed by atoms with Crippen molar-refractivity contribution in [3.05, 3.63) is 0 Å². The molecule has 104 valence electrons. The molecule has 0 heterocycles. The fourth-order valence-corrected chi connectivity index (χ4v) is 514. The topological polar surface area (TPSA) is 0 Å². The highest BCUT2D eigenvalue weighted by atomic mass is 35.6. The van der Waals surface area contributed by atoms with Crippen LogP contribution in [0.4, 0.5) is 0 Å². The third kappa shape index (κ3) is 17.8. The van der Waals surface area contributed by atoms with Crippen LogP contribution < -0.4 is 0 Å². The highest BCUT2D eigenvalue weighted by Crippen LogP contribution is 1.83. The van der Waals surface area contributed by atoms with E-state index < -0.39 is 7.14 Å². The zero-order chi connectivity index (χ0) is 12.8. The van der Waals surface area contributed by atoms with E-state index in [4.69, 9.17) is 22.2 Å². The Labute approximate surface area is 148 Å². The van der Waals surface area contributed by atoms with E-state index in [2.05, 4.69) is 0 Å². The Morgan fingerprint density at radius 2 is 1.18 bits per heavy atom. The van der Waals surface area contributed by atoms with E-state index in [1.54, 1.807) is 9.76 Å². The Balaban J connectivity index is 2.98. The Bertz CT molecular complexity index is 137. The van der Waals surface area contributed by atoms with Crippen LogP contribution in [0.25, 0.3) is 0 Å². The van der Waals surface area contributed by atoms with Gasteiger partial charge in [-0.1, -0.05) is 0 Å². The van der Waals surface area contributed by atoms with Crippen molar-refractivity contribution in [2.24, 2.45) is 0 Å². The predicted octanol–water partition coefficient (Wildman–Crippen LogP) is -12.4. The monoisotopic (exact) mass is 520 g/mol. The molecule has 0 aromatic heterocycles. The lowest BCUT2D eigenvalue weighted by atomic mass is 26.1. The van der Waals surface area contributed by atoms with E-state index in [9.17, 15) is 0 Å². The molecule has 0 aromatic rings. The Morgan fingerprint density at radius 1 is 0.706 bits per heavy atom. The lowest BCUT2D eigenvalue weighted by molar-refractivity contribution is 3.73. The maximum absolute atomic E-state index is 6.52. The van der Waals surface area contributed by atoms with Gasteiger partial charge in [0.25, 0.3) is 0 Å². The summed E-state index contributed by atoms with van der Waals surface area (Å²) in [6, 6.07) is 0.